The van der Waals surface area contributed by atoms with Crippen LogP contribution in [0.15, 0.2) is 56.8 Å². The second-order valence-electron chi connectivity index (χ2n) is 5.57. The largest absolute Gasteiger partial charge is 0.486 e. The molecule has 0 spiro atoms. The van der Waals surface area contributed by atoms with E-state index in [4.69, 9.17) is 16.3 Å². The Morgan fingerprint density at radius 2 is 2.04 bits per heavy atom. The number of carbonyl (C=O) groups excluding carboxylic acids is 1. The molecule has 0 aromatic heterocycles. The van der Waals surface area contributed by atoms with Crippen molar-refractivity contribution in [1.29, 1.82) is 0 Å². The second kappa shape index (κ2) is 8.29. The number of hydrogen-bond donors (Lipinski definition) is 0. The molecule has 0 aliphatic carbocycles. The second-order valence-corrected chi connectivity index (χ2v) is 7.84. The third kappa shape index (κ3) is 4.14. The molecule has 2 aromatic carbocycles. The highest BCUT2D eigenvalue weighted by Crippen LogP contribution is 2.37. The Bertz CT molecular complexity index is 877. The molecule has 0 N–H and O–H groups in total. The number of amides is 1. The lowest BCUT2D eigenvalue weighted by atomic mass is 10.2. The summed E-state index contributed by atoms with van der Waals surface area (Å²) in [7, 11) is 3.38. The van der Waals surface area contributed by atoms with E-state index in [-0.39, 0.29) is 5.91 Å². The summed E-state index contributed by atoms with van der Waals surface area (Å²) in [4.78, 5) is 18.5. The number of rotatable bonds is 4. The van der Waals surface area contributed by atoms with Crippen molar-refractivity contribution in [3.8, 4) is 5.75 Å². The summed E-state index contributed by atoms with van der Waals surface area (Å²) in [6.07, 6.45) is 1.80. The van der Waals surface area contributed by atoms with E-state index in [1.54, 1.807) is 26.2 Å². The summed E-state index contributed by atoms with van der Waals surface area (Å²) in [6.45, 7) is 0.426. The standard InChI is InChI=1S/C19H16BrClN2O2S/c1-22-19-23(2)18(24)16(26-19)10-13-8-14(20)17(15(21)9-13)25-11-12-6-4-3-5-7-12/h3-10H,11H2,1-2H3/b16-10+,22-19?. The number of ether oxygens (including phenoxy) is 1. The van der Waals surface area contributed by atoms with E-state index >= 15 is 0 Å². The molecule has 1 aliphatic rings. The average molecular weight is 452 g/mol. The number of amidine groups is 1. The highest BCUT2D eigenvalue weighted by molar-refractivity contribution is 9.10. The third-order valence-corrected chi connectivity index (χ3v) is 5.76. The molecule has 26 heavy (non-hydrogen) atoms. The fourth-order valence-electron chi connectivity index (χ4n) is 2.43. The zero-order valence-electron chi connectivity index (χ0n) is 14.2. The Morgan fingerprint density at radius 3 is 2.65 bits per heavy atom. The van der Waals surface area contributed by atoms with Crippen LogP contribution < -0.4 is 4.74 Å². The number of benzene rings is 2. The summed E-state index contributed by atoms with van der Waals surface area (Å²) < 4.78 is 6.59. The molecule has 0 bridgehead atoms. The van der Waals surface area contributed by atoms with Crippen molar-refractivity contribution in [3.05, 3.63) is 68.0 Å². The minimum absolute atomic E-state index is 0.0766. The van der Waals surface area contributed by atoms with Gasteiger partial charge in [-0.1, -0.05) is 41.9 Å². The van der Waals surface area contributed by atoms with Crippen molar-refractivity contribution in [2.75, 3.05) is 14.1 Å². The summed E-state index contributed by atoms with van der Waals surface area (Å²) >= 11 is 11.2. The van der Waals surface area contributed by atoms with Crippen molar-refractivity contribution < 1.29 is 9.53 Å². The van der Waals surface area contributed by atoms with Gasteiger partial charge in [-0.15, -0.1) is 0 Å². The third-order valence-electron chi connectivity index (χ3n) is 3.74. The minimum Gasteiger partial charge on any atom is -0.486 e. The molecular formula is C19H16BrClN2O2S. The fourth-order valence-corrected chi connectivity index (χ4v) is 4.35. The van der Waals surface area contributed by atoms with E-state index in [2.05, 4.69) is 20.9 Å². The molecule has 1 aliphatic heterocycles. The van der Waals surface area contributed by atoms with Crippen molar-refractivity contribution >= 4 is 56.4 Å². The van der Waals surface area contributed by atoms with Crippen molar-refractivity contribution in [2.45, 2.75) is 6.61 Å². The molecule has 2 aromatic rings. The highest BCUT2D eigenvalue weighted by atomic mass is 79.9. The number of thioether (sulfide) groups is 1. The van der Waals surface area contributed by atoms with E-state index in [0.29, 0.717) is 27.5 Å². The fraction of sp³-hybridized carbons (Fsp3) is 0.158. The first-order valence-corrected chi connectivity index (χ1v) is 9.78. The van der Waals surface area contributed by atoms with Crippen molar-refractivity contribution in [3.63, 3.8) is 0 Å². The molecule has 1 fully saturated rings. The lowest BCUT2D eigenvalue weighted by Gasteiger charge is -2.11. The Hall–Kier alpha value is -1.76. The van der Waals surface area contributed by atoms with Crippen LogP contribution in [0.4, 0.5) is 0 Å². The number of aliphatic imine (C=N–C) groups is 1. The molecule has 134 valence electrons. The van der Waals surface area contributed by atoms with Crippen LogP contribution in [-0.4, -0.2) is 30.1 Å². The molecule has 0 saturated carbocycles. The van der Waals surface area contributed by atoms with Gasteiger partial charge in [0, 0.05) is 14.1 Å². The average Bonchev–Trinajstić information content (AvgIpc) is 2.90. The van der Waals surface area contributed by atoms with Gasteiger partial charge in [0.25, 0.3) is 5.91 Å². The summed E-state index contributed by atoms with van der Waals surface area (Å²) in [5.74, 6) is 0.503. The number of carbonyl (C=O) groups is 1. The summed E-state index contributed by atoms with van der Waals surface area (Å²) in [5.41, 5.74) is 1.87. The van der Waals surface area contributed by atoms with E-state index in [1.807, 2.05) is 36.4 Å². The molecule has 1 heterocycles. The molecular weight excluding hydrogens is 436 g/mol. The Morgan fingerprint density at radius 1 is 1.31 bits per heavy atom. The van der Waals surface area contributed by atoms with Gasteiger partial charge in [-0.25, -0.2) is 0 Å². The molecule has 0 atom stereocenters. The van der Waals surface area contributed by atoms with Crippen LogP contribution in [0.1, 0.15) is 11.1 Å². The van der Waals surface area contributed by atoms with Gasteiger partial charge < -0.3 is 4.74 Å². The van der Waals surface area contributed by atoms with Gasteiger partial charge in [0.1, 0.15) is 6.61 Å². The maximum absolute atomic E-state index is 12.3. The van der Waals surface area contributed by atoms with Gasteiger partial charge in [0.15, 0.2) is 10.9 Å². The number of likely N-dealkylation sites (N-methyl/N-ethyl adjacent to an activating group) is 1. The van der Waals surface area contributed by atoms with Gasteiger partial charge in [-0.05, 0) is 57.0 Å². The van der Waals surface area contributed by atoms with Crippen molar-refractivity contribution in [2.24, 2.45) is 4.99 Å². The topological polar surface area (TPSA) is 41.9 Å². The van der Waals surface area contributed by atoms with E-state index < -0.39 is 0 Å². The quantitative estimate of drug-likeness (QED) is 0.599. The smallest absolute Gasteiger partial charge is 0.266 e. The van der Waals surface area contributed by atoms with Crippen LogP contribution >= 0.6 is 39.3 Å². The number of nitrogens with zero attached hydrogens (tertiary/aromatic N) is 2. The van der Waals surface area contributed by atoms with E-state index in [9.17, 15) is 4.79 Å². The minimum atomic E-state index is -0.0766. The van der Waals surface area contributed by atoms with E-state index in [1.165, 1.54) is 16.7 Å². The predicted molar refractivity (Wildman–Crippen MR) is 112 cm³/mol. The van der Waals surface area contributed by atoms with Gasteiger partial charge >= 0.3 is 0 Å². The Balaban J connectivity index is 1.81. The van der Waals surface area contributed by atoms with Gasteiger partial charge in [0.2, 0.25) is 0 Å². The van der Waals surface area contributed by atoms with E-state index in [0.717, 1.165) is 15.6 Å². The molecule has 1 saturated heterocycles. The Kier molecular flexibility index (Phi) is 6.06. The molecule has 3 rings (SSSR count). The van der Waals surface area contributed by atoms with Crippen LogP contribution in [0.2, 0.25) is 5.02 Å². The zero-order chi connectivity index (χ0) is 18.7. The van der Waals surface area contributed by atoms with Crippen LogP contribution in [0.25, 0.3) is 6.08 Å². The van der Waals surface area contributed by atoms with Crippen LogP contribution in [0.3, 0.4) is 0 Å². The van der Waals surface area contributed by atoms with Gasteiger partial charge in [-0.3, -0.25) is 14.7 Å². The number of hydrogen-bond acceptors (Lipinski definition) is 4. The maximum atomic E-state index is 12.3. The molecule has 7 heteroatoms. The lowest BCUT2D eigenvalue weighted by molar-refractivity contribution is -0.121. The SMILES string of the molecule is CN=C1S/C(=C/c2cc(Cl)c(OCc3ccccc3)c(Br)c2)C(=O)N1C. The maximum Gasteiger partial charge on any atom is 0.266 e. The first kappa shape index (κ1) is 19.0. The summed E-state index contributed by atoms with van der Waals surface area (Å²) in [6, 6.07) is 13.5. The molecule has 4 nitrogen and oxygen atoms in total. The number of halogens is 2. The summed E-state index contributed by atoms with van der Waals surface area (Å²) in [5, 5.41) is 1.16. The first-order valence-electron chi connectivity index (χ1n) is 7.79. The molecule has 0 radical (unpaired) electrons. The zero-order valence-corrected chi connectivity index (χ0v) is 17.4. The van der Waals surface area contributed by atoms with Crippen LogP contribution in [0, 0.1) is 0 Å². The van der Waals surface area contributed by atoms with Gasteiger partial charge in [0.05, 0.1) is 14.4 Å². The normalized spacial score (nSPS) is 17.4. The lowest BCUT2D eigenvalue weighted by Crippen LogP contribution is -2.23. The molecule has 1 amide bonds. The predicted octanol–water partition coefficient (Wildman–Crippen LogP) is 5.21. The monoisotopic (exact) mass is 450 g/mol. The van der Waals surface area contributed by atoms with Crippen LogP contribution in [0.5, 0.6) is 5.75 Å². The molecule has 0 unspecified atom stereocenters. The highest BCUT2D eigenvalue weighted by Gasteiger charge is 2.29. The van der Waals surface area contributed by atoms with Crippen LogP contribution in [-0.2, 0) is 11.4 Å². The van der Waals surface area contributed by atoms with Crippen molar-refractivity contribution in [1.82, 2.24) is 4.90 Å². The van der Waals surface area contributed by atoms with Gasteiger partial charge in [-0.2, -0.15) is 0 Å². The first-order chi connectivity index (χ1) is 12.5. The Labute approximate surface area is 170 Å².